The number of rotatable bonds is 3. The molecule has 1 heterocycles. The molecule has 1 amide bonds. The smallest absolute Gasteiger partial charge is 0.237 e. The van der Waals surface area contributed by atoms with Crippen molar-refractivity contribution in [1.29, 1.82) is 0 Å². The van der Waals surface area contributed by atoms with E-state index in [0.29, 0.717) is 19.1 Å². The molecule has 1 aliphatic rings. The minimum Gasteiger partial charge on any atom is -0.334 e. The van der Waals surface area contributed by atoms with Gasteiger partial charge in [0.05, 0.1) is 13.1 Å². The van der Waals surface area contributed by atoms with E-state index in [1.165, 1.54) is 0 Å². The van der Waals surface area contributed by atoms with Crippen LogP contribution in [-0.2, 0) is 4.79 Å². The van der Waals surface area contributed by atoms with Crippen LogP contribution in [0.5, 0.6) is 0 Å². The molecule has 0 aromatic heterocycles. The van der Waals surface area contributed by atoms with Crippen LogP contribution in [-0.4, -0.2) is 55.0 Å². The summed E-state index contributed by atoms with van der Waals surface area (Å²) in [6.07, 6.45) is 7.10. The summed E-state index contributed by atoms with van der Waals surface area (Å²) in [5, 5.41) is 0. The first-order valence-electron chi connectivity index (χ1n) is 5.29. The van der Waals surface area contributed by atoms with E-state index in [1.807, 2.05) is 0 Å². The van der Waals surface area contributed by atoms with E-state index in [9.17, 15) is 4.79 Å². The Kier molecular flexibility index (Phi) is 4.60. The van der Waals surface area contributed by atoms with Crippen molar-refractivity contribution < 1.29 is 4.79 Å². The van der Waals surface area contributed by atoms with Crippen LogP contribution in [0.4, 0.5) is 0 Å². The van der Waals surface area contributed by atoms with E-state index in [2.05, 4.69) is 10.8 Å². The fourth-order valence-electron chi connectivity index (χ4n) is 1.65. The second-order valence-corrected chi connectivity index (χ2v) is 4.07. The van der Waals surface area contributed by atoms with Crippen molar-refractivity contribution in [3.63, 3.8) is 0 Å². The summed E-state index contributed by atoms with van der Waals surface area (Å²) >= 11 is 0. The Morgan fingerprint density at radius 3 is 2.73 bits per heavy atom. The summed E-state index contributed by atoms with van der Waals surface area (Å²) in [6, 6.07) is 0.305. The van der Waals surface area contributed by atoms with Crippen LogP contribution < -0.4 is 5.73 Å². The minimum absolute atomic E-state index is 0.0865. The number of hydrogen-bond acceptors (Lipinski definition) is 3. The quantitative estimate of drug-likeness (QED) is 0.638. The zero-order valence-corrected chi connectivity index (χ0v) is 9.28. The maximum Gasteiger partial charge on any atom is 0.237 e. The van der Waals surface area contributed by atoms with Crippen molar-refractivity contribution in [3.05, 3.63) is 0 Å². The van der Waals surface area contributed by atoms with E-state index >= 15 is 0 Å². The van der Waals surface area contributed by atoms with Gasteiger partial charge in [-0.1, -0.05) is 5.92 Å². The van der Waals surface area contributed by atoms with E-state index in [1.54, 1.807) is 11.9 Å². The first-order chi connectivity index (χ1) is 7.13. The predicted octanol–water partition coefficient (Wildman–Crippen LogP) is -0.499. The molecule has 0 spiro atoms. The van der Waals surface area contributed by atoms with Crippen LogP contribution in [0.3, 0.4) is 0 Å². The Morgan fingerprint density at radius 2 is 2.20 bits per heavy atom. The lowest BCUT2D eigenvalue weighted by Crippen LogP contribution is -2.45. The molecule has 0 aliphatic carbocycles. The van der Waals surface area contributed by atoms with Crippen LogP contribution in [0.2, 0.25) is 0 Å². The number of terminal acetylenes is 1. The maximum atomic E-state index is 11.6. The van der Waals surface area contributed by atoms with Gasteiger partial charge in [0.15, 0.2) is 0 Å². The number of amides is 1. The Hall–Kier alpha value is -1.05. The van der Waals surface area contributed by atoms with Crippen LogP contribution in [0, 0.1) is 12.3 Å². The number of piperidine rings is 1. The molecule has 1 fully saturated rings. The summed E-state index contributed by atoms with van der Waals surface area (Å²) in [5.41, 5.74) is 5.79. The molecule has 0 unspecified atom stereocenters. The molecule has 0 bridgehead atoms. The summed E-state index contributed by atoms with van der Waals surface area (Å²) in [6.45, 7) is 2.67. The van der Waals surface area contributed by atoms with Gasteiger partial charge >= 0.3 is 0 Å². The standard InChI is InChI=1S/C11H19N3O/c1-3-6-13(2)11(15)9-14-7-4-10(12)5-8-14/h1,10H,4-9,12H2,2H3. The van der Waals surface area contributed by atoms with Crippen molar-refractivity contribution in [2.75, 3.05) is 33.2 Å². The largest absolute Gasteiger partial charge is 0.334 e. The highest BCUT2D eigenvalue weighted by molar-refractivity contribution is 5.78. The Labute approximate surface area is 91.4 Å². The summed E-state index contributed by atoms with van der Waals surface area (Å²) in [4.78, 5) is 15.4. The van der Waals surface area contributed by atoms with Crippen LogP contribution in [0.15, 0.2) is 0 Å². The predicted molar refractivity (Wildman–Crippen MR) is 60.1 cm³/mol. The number of carbonyl (C=O) groups is 1. The van der Waals surface area contributed by atoms with Gasteiger partial charge < -0.3 is 10.6 Å². The topological polar surface area (TPSA) is 49.6 Å². The summed E-state index contributed by atoms with van der Waals surface area (Å²) < 4.78 is 0. The third-order valence-electron chi connectivity index (χ3n) is 2.75. The van der Waals surface area contributed by atoms with E-state index in [-0.39, 0.29) is 5.91 Å². The van der Waals surface area contributed by atoms with Gasteiger partial charge in [-0.15, -0.1) is 6.42 Å². The lowest BCUT2D eigenvalue weighted by molar-refractivity contribution is -0.130. The highest BCUT2D eigenvalue weighted by atomic mass is 16.2. The second kappa shape index (κ2) is 5.74. The lowest BCUT2D eigenvalue weighted by atomic mass is 10.1. The second-order valence-electron chi connectivity index (χ2n) is 4.07. The van der Waals surface area contributed by atoms with Gasteiger partial charge in [-0.2, -0.15) is 0 Å². The SMILES string of the molecule is C#CCN(C)C(=O)CN1CCC(N)CC1. The Bertz CT molecular complexity index is 251. The normalized spacial score (nSPS) is 18.5. The number of carbonyl (C=O) groups excluding carboxylic acids is 1. The van der Waals surface area contributed by atoms with E-state index in [0.717, 1.165) is 25.9 Å². The molecular weight excluding hydrogens is 190 g/mol. The molecule has 1 aliphatic heterocycles. The highest BCUT2D eigenvalue weighted by Crippen LogP contribution is 2.07. The zero-order chi connectivity index (χ0) is 11.3. The molecule has 1 saturated heterocycles. The fraction of sp³-hybridized carbons (Fsp3) is 0.727. The number of likely N-dealkylation sites (N-methyl/N-ethyl adjacent to an activating group) is 1. The molecule has 15 heavy (non-hydrogen) atoms. The monoisotopic (exact) mass is 209 g/mol. The number of hydrogen-bond donors (Lipinski definition) is 1. The average Bonchev–Trinajstić information content (AvgIpc) is 2.22. The van der Waals surface area contributed by atoms with Gasteiger partial charge in [0.2, 0.25) is 5.91 Å². The van der Waals surface area contributed by atoms with Gasteiger partial charge in [-0.3, -0.25) is 9.69 Å². The molecule has 0 saturated carbocycles. The zero-order valence-electron chi connectivity index (χ0n) is 9.28. The Morgan fingerprint density at radius 1 is 1.60 bits per heavy atom. The van der Waals surface area contributed by atoms with Crippen molar-refractivity contribution in [2.45, 2.75) is 18.9 Å². The molecular formula is C11H19N3O. The molecule has 0 atom stereocenters. The Balaban J connectivity index is 2.29. The number of nitrogens with two attached hydrogens (primary N) is 1. The van der Waals surface area contributed by atoms with Gasteiger partial charge in [0.25, 0.3) is 0 Å². The molecule has 1 rings (SSSR count). The van der Waals surface area contributed by atoms with Gasteiger partial charge in [0.1, 0.15) is 0 Å². The molecule has 0 aromatic carbocycles. The van der Waals surface area contributed by atoms with Crippen molar-refractivity contribution in [3.8, 4) is 12.3 Å². The molecule has 4 heteroatoms. The lowest BCUT2D eigenvalue weighted by Gasteiger charge is -2.30. The van der Waals surface area contributed by atoms with Crippen molar-refractivity contribution in [1.82, 2.24) is 9.80 Å². The first-order valence-corrected chi connectivity index (χ1v) is 5.29. The van der Waals surface area contributed by atoms with Crippen LogP contribution >= 0.6 is 0 Å². The molecule has 84 valence electrons. The number of likely N-dealkylation sites (tertiary alicyclic amines) is 1. The van der Waals surface area contributed by atoms with Gasteiger partial charge in [-0.05, 0) is 12.8 Å². The highest BCUT2D eigenvalue weighted by Gasteiger charge is 2.19. The van der Waals surface area contributed by atoms with E-state index < -0.39 is 0 Å². The summed E-state index contributed by atoms with van der Waals surface area (Å²) in [5.74, 6) is 2.55. The molecule has 0 radical (unpaired) electrons. The molecule has 4 nitrogen and oxygen atoms in total. The number of nitrogens with zero attached hydrogens (tertiary/aromatic N) is 2. The van der Waals surface area contributed by atoms with Gasteiger partial charge in [0, 0.05) is 26.2 Å². The first kappa shape index (κ1) is 12.0. The molecule has 0 aromatic rings. The van der Waals surface area contributed by atoms with Crippen LogP contribution in [0.25, 0.3) is 0 Å². The van der Waals surface area contributed by atoms with Gasteiger partial charge in [-0.25, -0.2) is 0 Å². The van der Waals surface area contributed by atoms with Crippen LogP contribution in [0.1, 0.15) is 12.8 Å². The maximum absolute atomic E-state index is 11.6. The van der Waals surface area contributed by atoms with Crippen molar-refractivity contribution >= 4 is 5.91 Å². The average molecular weight is 209 g/mol. The third kappa shape index (κ3) is 3.90. The third-order valence-corrected chi connectivity index (χ3v) is 2.75. The molecule has 2 N–H and O–H groups in total. The fourth-order valence-corrected chi connectivity index (χ4v) is 1.65. The minimum atomic E-state index is 0.0865. The summed E-state index contributed by atoms with van der Waals surface area (Å²) in [7, 11) is 1.73. The van der Waals surface area contributed by atoms with Crippen molar-refractivity contribution in [2.24, 2.45) is 5.73 Å². The van der Waals surface area contributed by atoms with E-state index in [4.69, 9.17) is 12.2 Å².